The van der Waals surface area contributed by atoms with Crippen molar-refractivity contribution >= 4 is 29.4 Å². The lowest BCUT2D eigenvalue weighted by Gasteiger charge is -2.33. The predicted octanol–water partition coefficient (Wildman–Crippen LogP) is 1.56. The summed E-state index contributed by atoms with van der Waals surface area (Å²) in [5, 5.41) is 3.45. The summed E-state index contributed by atoms with van der Waals surface area (Å²) in [5.74, 6) is -0.553. The smallest absolute Gasteiger partial charge is 0.318 e. The Kier molecular flexibility index (Phi) is 4.26. The SMILES string of the molecule is CN1C(=O)CCC(NC(=O)N2CCc3cc(Cl)ccc3C2)C1=O. The number of piperidine rings is 1. The van der Waals surface area contributed by atoms with E-state index in [4.69, 9.17) is 11.6 Å². The topological polar surface area (TPSA) is 69.7 Å². The number of hydrogen-bond acceptors (Lipinski definition) is 3. The van der Waals surface area contributed by atoms with Crippen molar-refractivity contribution in [2.75, 3.05) is 13.6 Å². The van der Waals surface area contributed by atoms with Crippen molar-refractivity contribution in [3.63, 3.8) is 0 Å². The van der Waals surface area contributed by atoms with Gasteiger partial charge in [0, 0.05) is 31.6 Å². The fraction of sp³-hybridized carbons (Fsp3) is 0.438. The van der Waals surface area contributed by atoms with Crippen LogP contribution in [-0.4, -0.2) is 47.3 Å². The van der Waals surface area contributed by atoms with Crippen LogP contribution in [0.2, 0.25) is 5.02 Å². The molecule has 4 amide bonds. The van der Waals surface area contributed by atoms with Crippen LogP contribution in [0.4, 0.5) is 4.79 Å². The normalized spacial score (nSPS) is 21.2. The molecule has 0 saturated carbocycles. The van der Waals surface area contributed by atoms with Crippen LogP contribution in [0.25, 0.3) is 0 Å². The Labute approximate surface area is 139 Å². The van der Waals surface area contributed by atoms with Crippen molar-refractivity contribution in [1.82, 2.24) is 15.1 Å². The van der Waals surface area contributed by atoms with E-state index < -0.39 is 6.04 Å². The van der Waals surface area contributed by atoms with Crippen molar-refractivity contribution in [3.05, 3.63) is 34.3 Å². The first-order valence-corrected chi connectivity index (χ1v) is 7.96. The molecular weight excluding hydrogens is 318 g/mol. The molecule has 2 heterocycles. The third-order valence-electron chi connectivity index (χ3n) is 4.42. The van der Waals surface area contributed by atoms with Crippen molar-refractivity contribution in [2.24, 2.45) is 0 Å². The summed E-state index contributed by atoms with van der Waals surface area (Å²) in [4.78, 5) is 38.7. The van der Waals surface area contributed by atoms with Gasteiger partial charge in [0.1, 0.15) is 6.04 Å². The lowest BCUT2D eigenvalue weighted by molar-refractivity contribution is -0.147. The Morgan fingerprint density at radius 2 is 2.04 bits per heavy atom. The van der Waals surface area contributed by atoms with E-state index >= 15 is 0 Å². The van der Waals surface area contributed by atoms with Gasteiger partial charge in [0.15, 0.2) is 0 Å². The Morgan fingerprint density at radius 3 is 2.83 bits per heavy atom. The van der Waals surface area contributed by atoms with Gasteiger partial charge in [-0.15, -0.1) is 0 Å². The largest absolute Gasteiger partial charge is 0.326 e. The second kappa shape index (κ2) is 6.20. The number of nitrogens with one attached hydrogen (secondary N) is 1. The van der Waals surface area contributed by atoms with Gasteiger partial charge in [-0.2, -0.15) is 0 Å². The van der Waals surface area contributed by atoms with E-state index in [-0.39, 0.29) is 24.3 Å². The number of likely N-dealkylation sites (tertiary alicyclic amines) is 1. The molecule has 1 N–H and O–H groups in total. The fourth-order valence-electron chi connectivity index (χ4n) is 2.98. The third kappa shape index (κ3) is 3.17. The maximum Gasteiger partial charge on any atom is 0.318 e. The number of imide groups is 1. The standard InChI is InChI=1S/C16H18ClN3O3/c1-19-14(21)5-4-13(15(19)22)18-16(23)20-7-6-10-8-12(17)3-2-11(10)9-20/h2-3,8,13H,4-7,9H2,1H3,(H,18,23). The van der Waals surface area contributed by atoms with Gasteiger partial charge in [-0.05, 0) is 36.1 Å². The summed E-state index contributed by atoms with van der Waals surface area (Å²) in [6.45, 7) is 1.07. The van der Waals surface area contributed by atoms with Gasteiger partial charge in [-0.25, -0.2) is 4.79 Å². The number of halogens is 1. The van der Waals surface area contributed by atoms with Crippen LogP contribution >= 0.6 is 11.6 Å². The van der Waals surface area contributed by atoms with Gasteiger partial charge < -0.3 is 10.2 Å². The molecule has 0 aromatic heterocycles. The molecule has 3 rings (SSSR count). The Balaban J connectivity index is 1.64. The number of benzene rings is 1. The average molecular weight is 336 g/mol. The molecule has 1 unspecified atom stereocenters. The molecule has 23 heavy (non-hydrogen) atoms. The predicted molar refractivity (Wildman–Crippen MR) is 84.9 cm³/mol. The molecule has 122 valence electrons. The molecule has 0 radical (unpaired) electrons. The number of fused-ring (bicyclic) bond motifs is 1. The highest BCUT2D eigenvalue weighted by atomic mass is 35.5. The first-order valence-electron chi connectivity index (χ1n) is 7.59. The Bertz CT molecular complexity index is 677. The number of amides is 4. The summed E-state index contributed by atoms with van der Waals surface area (Å²) in [6, 6.07) is 4.77. The number of nitrogens with zero attached hydrogens (tertiary/aromatic N) is 2. The maximum absolute atomic E-state index is 12.4. The highest BCUT2D eigenvalue weighted by Crippen LogP contribution is 2.23. The van der Waals surface area contributed by atoms with Gasteiger partial charge >= 0.3 is 6.03 Å². The van der Waals surface area contributed by atoms with Gasteiger partial charge in [-0.1, -0.05) is 17.7 Å². The van der Waals surface area contributed by atoms with E-state index in [2.05, 4.69) is 5.32 Å². The molecule has 7 heteroatoms. The molecule has 2 aliphatic heterocycles. The lowest BCUT2D eigenvalue weighted by Crippen LogP contribution is -2.55. The molecular formula is C16H18ClN3O3. The van der Waals surface area contributed by atoms with E-state index in [1.165, 1.54) is 7.05 Å². The van der Waals surface area contributed by atoms with Crippen LogP contribution in [0, 0.1) is 0 Å². The third-order valence-corrected chi connectivity index (χ3v) is 4.65. The summed E-state index contributed by atoms with van der Waals surface area (Å²) in [6.07, 6.45) is 1.36. The number of likely N-dealkylation sites (N-methyl/N-ethyl adjacent to an activating group) is 1. The second-order valence-corrected chi connectivity index (χ2v) is 6.35. The van der Waals surface area contributed by atoms with E-state index in [1.807, 2.05) is 18.2 Å². The number of carbonyl (C=O) groups excluding carboxylic acids is 3. The van der Waals surface area contributed by atoms with Gasteiger partial charge in [0.25, 0.3) is 5.91 Å². The number of carbonyl (C=O) groups is 3. The molecule has 0 bridgehead atoms. The average Bonchev–Trinajstić information content (AvgIpc) is 2.54. The van der Waals surface area contributed by atoms with Gasteiger partial charge in [0.05, 0.1) is 0 Å². The zero-order chi connectivity index (χ0) is 16.6. The monoisotopic (exact) mass is 335 g/mol. The molecule has 1 aromatic carbocycles. The zero-order valence-electron chi connectivity index (χ0n) is 12.8. The van der Waals surface area contributed by atoms with E-state index in [0.717, 1.165) is 22.4 Å². The molecule has 1 aromatic rings. The summed E-state index contributed by atoms with van der Waals surface area (Å²) in [7, 11) is 1.45. The van der Waals surface area contributed by atoms with Crippen molar-refractivity contribution in [1.29, 1.82) is 0 Å². The number of hydrogen-bond donors (Lipinski definition) is 1. The highest BCUT2D eigenvalue weighted by Gasteiger charge is 2.34. The summed E-state index contributed by atoms with van der Waals surface area (Å²) >= 11 is 5.98. The minimum Gasteiger partial charge on any atom is -0.326 e. The van der Waals surface area contributed by atoms with Crippen LogP contribution in [-0.2, 0) is 22.6 Å². The quantitative estimate of drug-likeness (QED) is 0.792. The number of rotatable bonds is 1. The van der Waals surface area contributed by atoms with Crippen LogP contribution < -0.4 is 5.32 Å². The minimum atomic E-state index is -0.628. The number of urea groups is 1. The Hall–Kier alpha value is -2.08. The van der Waals surface area contributed by atoms with Crippen LogP contribution in [0.3, 0.4) is 0 Å². The van der Waals surface area contributed by atoms with E-state index in [1.54, 1.807) is 4.90 Å². The molecule has 0 aliphatic carbocycles. The maximum atomic E-state index is 12.4. The Morgan fingerprint density at radius 1 is 1.26 bits per heavy atom. The molecule has 1 atom stereocenters. The van der Waals surface area contributed by atoms with Gasteiger partial charge in [-0.3, -0.25) is 14.5 Å². The first kappa shape index (κ1) is 15.8. The van der Waals surface area contributed by atoms with Crippen molar-refractivity contribution in [3.8, 4) is 0 Å². The minimum absolute atomic E-state index is 0.204. The van der Waals surface area contributed by atoms with E-state index in [0.29, 0.717) is 24.5 Å². The second-order valence-electron chi connectivity index (χ2n) is 5.92. The first-order chi connectivity index (χ1) is 11.0. The van der Waals surface area contributed by atoms with Crippen molar-refractivity contribution < 1.29 is 14.4 Å². The summed E-state index contributed by atoms with van der Waals surface area (Å²) in [5.41, 5.74) is 2.22. The molecule has 6 nitrogen and oxygen atoms in total. The van der Waals surface area contributed by atoms with Crippen LogP contribution in [0.1, 0.15) is 24.0 Å². The molecule has 2 aliphatic rings. The molecule has 1 fully saturated rings. The van der Waals surface area contributed by atoms with Crippen LogP contribution in [0.5, 0.6) is 0 Å². The highest BCUT2D eigenvalue weighted by molar-refractivity contribution is 6.30. The van der Waals surface area contributed by atoms with Gasteiger partial charge in [0.2, 0.25) is 5.91 Å². The van der Waals surface area contributed by atoms with Crippen molar-refractivity contribution in [2.45, 2.75) is 31.8 Å². The van der Waals surface area contributed by atoms with Crippen LogP contribution in [0.15, 0.2) is 18.2 Å². The van der Waals surface area contributed by atoms with E-state index in [9.17, 15) is 14.4 Å². The molecule has 0 spiro atoms. The zero-order valence-corrected chi connectivity index (χ0v) is 13.6. The molecule has 1 saturated heterocycles. The summed E-state index contributed by atoms with van der Waals surface area (Å²) < 4.78 is 0. The fourth-order valence-corrected chi connectivity index (χ4v) is 3.18. The lowest BCUT2D eigenvalue weighted by atomic mass is 10.00.